The van der Waals surface area contributed by atoms with Gasteiger partial charge in [-0.3, -0.25) is 19.7 Å². The number of amides is 4. The predicted octanol–water partition coefficient (Wildman–Crippen LogP) is 0.840. The van der Waals surface area contributed by atoms with Crippen LogP contribution in [0.3, 0.4) is 0 Å². The Morgan fingerprint density at radius 3 is 2.44 bits per heavy atom. The summed E-state index contributed by atoms with van der Waals surface area (Å²) in [7, 11) is 0. The molecule has 9 nitrogen and oxygen atoms in total. The van der Waals surface area contributed by atoms with E-state index in [4.69, 9.17) is 9.47 Å². The zero-order valence-corrected chi connectivity index (χ0v) is 15.7. The minimum absolute atomic E-state index is 0.236. The van der Waals surface area contributed by atoms with Crippen LogP contribution in [0.2, 0.25) is 0 Å². The third-order valence-corrected chi connectivity index (χ3v) is 3.11. The standard InChI is InChI=1S/C18H25N3O6/c1-4-26-14-8-6-5-7-13(14)17(24)19-10-16(23)27-11-15(22)21-18(25)20-9-12(2)3/h5-8,12H,4,9-11H2,1-3H3,(H,19,24)(H2,20,21,22,25). The normalized spacial score (nSPS) is 10.1. The van der Waals surface area contributed by atoms with Crippen molar-refractivity contribution in [3.8, 4) is 5.75 Å². The number of nitrogens with one attached hydrogen (secondary N) is 3. The third-order valence-electron chi connectivity index (χ3n) is 3.11. The van der Waals surface area contributed by atoms with Crippen LogP contribution in [-0.2, 0) is 14.3 Å². The molecule has 0 heterocycles. The number of carbonyl (C=O) groups is 4. The van der Waals surface area contributed by atoms with Gasteiger partial charge in [0.25, 0.3) is 11.8 Å². The maximum Gasteiger partial charge on any atom is 0.325 e. The molecule has 0 aliphatic carbocycles. The van der Waals surface area contributed by atoms with Gasteiger partial charge in [-0.05, 0) is 25.0 Å². The molecule has 1 rings (SSSR count). The first-order valence-corrected chi connectivity index (χ1v) is 8.56. The quantitative estimate of drug-likeness (QED) is 0.547. The molecule has 1 aromatic rings. The van der Waals surface area contributed by atoms with E-state index >= 15 is 0 Å². The number of rotatable bonds is 9. The van der Waals surface area contributed by atoms with Crippen molar-refractivity contribution >= 4 is 23.8 Å². The molecular formula is C18H25N3O6. The molecule has 148 valence electrons. The van der Waals surface area contributed by atoms with E-state index in [1.807, 2.05) is 19.2 Å². The second kappa shape index (κ2) is 11.5. The van der Waals surface area contributed by atoms with Gasteiger partial charge >= 0.3 is 12.0 Å². The number of hydrogen-bond donors (Lipinski definition) is 3. The predicted molar refractivity (Wildman–Crippen MR) is 97.3 cm³/mol. The highest BCUT2D eigenvalue weighted by molar-refractivity contribution is 5.98. The minimum atomic E-state index is -0.810. The lowest BCUT2D eigenvalue weighted by atomic mass is 10.2. The highest BCUT2D eigenvalue weighted by Gasteiger charge is 2.15. The number of ether oxygens (including phenoxy) is 2. The van der Waals surface area contributed by atoms with Crippen molar-refractivity contribution in [1.82, 2.24) is 16.0 Å². The van der Waals surface area contributed by atoms with E-state index < -0.39 is 37.0 Å². The molecule has 0 bridgehead atoms. The average molecular weight is 379 g/mol. The van der Waals surface area contributed by atoms with Gasteiger partial charge in [0.05, 0.1) is 12.2 Å². The van der Waals surface area contributed by atoms with Gasteiger partial charge in [-0.15, -0.1) is 0 Å². The van der Waals surface area contributed by atoms with Gasteiger partial charge in [0.2, 0.25) is 0 Å². The Bertz CT molecular complexity index is 675. The Morgan fingerprint density at radius 1 is 1.07 bits per heavy atom. The van der Waals surface area contributed by atoms with Gasteiger partial charge in [0.15, 0.2) is 6.61 Å². The fourth-order valence-corrected chi connectivity index (χ4v) is 1.88. The molecule has 27 heavy (non-hydrogen) atoms. The number of carbonyl (C=O) groups excluding carboxylic acids is 4. The van der Waals surface area contributed by atoms with Gasteiger partial charge < -0.3 is 20.1 Å². The Morgan fingerprint density at radius 2 is 1.78 bits per heavy atom. The van der Waals surface area contributed by atoms with Crippen molar-refractivity contribution in [3.05, 3.63) is 29.8 Å². The monoisotopic (exact) mass is 379 g/mol. The molecule has 4 amide bonds. The van der Waals surface area contributed by atoms with Gasteiger partial charge in [0.1, 0.15) is 12.3 Å². The molecule has 3 N–H and O–H groups in total. The van der Waals surface area contributed by atoms with Crippen molar-refractivity contribution in [2.75, 3.05) is 26.3 Å². The SMILES string of the molecule is CCOc1ccccc1C(=O)NCC(=O)OCC(=O)NC(=O)NCC(C)C. The van der Waals surface area contributed by atoms with Crippen LogP contribution in [0.25, 0.3) is 0 Å². The molecule has 0 fully saturated rings. The van der Waals surface area contributed by atoms with Crippen molar-refractivity contribution in [2.45, 2.75) is 20.8 Å². The summed E-state index contributed by atoms with van der Waals surface area (Å²) in [5.41, 5.74) is 0.284. The molecule has 0 unspecified atom stereocenters. The molecule has 0 atom stereocenters. The first-order chi connectivity index (χ1) is 12.8. The number of para-hydroxylation sites is 1. The van der Waals surface area contributed by atoms with E-state index in [9.17, 15) is 19.2 Å². The van der Waals surface area contributed by atoms with Crippen molar-refractivity contribution in [3.63, 3.8) is 0 Å². The van der Waals surface area contributed by atoms with Crippen molar-refractivity contribution in [2.24, 2.45) is 5.92 Å². The molecule has 9 heteroatoms. The van der Waals surface area contributed by atoms with E-state index in [-0.39, 0.29) is 11.5 Å². The number of hydrogen-bond acceptors (Lipinski definition) is 6. The first kappa shape index (κ1) is 21.9. The number of esters is 1. The van der Waals surface area contributed by atoms with E-state index in [2.05, 4.69) is 10.6 Å². The van der Waals surface area contributed by atoms with E-state index in [0.717, 1.165) is 0 Å². The second-order valence-corrected chi connectivity index (χ2v) is 5.92. The summed E-state index contributed by atoms with van der Waals surface area (Å²) in [6.45, 7) is 5.36. The molecule has 1 aromatic carbocycles. The molecule has 0 radical (unpaired) electrons. The molecule has 0 aromatic heterocycles. The molecule has 0 aliphatic rings. The Kier molecular flexibility index (Phi) is 9.35. The van der Waals surface area contributed by atoms with Crippen LogP contribution >= 0.6 is 0 Å². The van der Waals surface area contributed by atoms with Crippen LogP contribution in [-0.4, -0.2) is 50.1 Å². The van der Waals surface area contributed by atoms with Crippen LogP contribution in [0.1, 0.15) is 31.1 Å². The van der Waals surface area contributed by atoms with E-state index in [0.29, 0.717) is 18.9 Å². The van der Waals surface area contributed by atoms with Crippen LogP contribution in [0.15, 0.2) is 24.3 Å². The number of benzene rings is 1. The van der Waals surface area contributed by atoms with Gasteiger partial charge in [-0.1, -0.05) is 26.0 Å². The summed E-state index contributed by atoms with van der Waals surface area (Å²) in [5, 5.41) is 6.92. The molecule has 0 saturated carbocycles. The fourth-order valence-electron chi connectivity index (χ4n) is 1.88. The Balaban J connectivity index is 2.36. The number of imide groups is 1. The van der Waals surface area contributed by atoms with Gasteiger partial charge in [-0.2, -0.15) is 0 Å². The maximum atomic E-state index is 12.1. The summed E-state index contributed by atoms with van der Waals surface area (Å²) in [6.07, 6.45) is 0. The highest BCUT2D eigenvalue weighted by atomic mass is 16.5. The topological polar surface area (TPSA) is 123 Å². The van der Waals surface area contributed by atoms with Crippen LogP contribution in [0, 0.1) is 5.92 Å². The van der Waals surface area contributed by atoms with E-state index in [1.54, 1.807) is 31.2 Å². The molecule has 0 aliphatic heterocycles. The molecule has 0 saturated heterocycles. The lowest BCUT2D eigenvalue weighted by molar-refractivity contribution is -0.147. The Labute approximate surface area is 157 Å². The Hall–Kier alpha value is -3.10. The number of urea groups is 1. The van der Waals surface area contributed by atoms with Crippen LogP contribution in [0.4, 0.5) is 4.79 Å². The lowest BCUT2D eigenvalue weighted by Gasteiger charge is -2.11. The summed E-state index contributed by atoms with van der Waals surface area (Å²) in [4.78, 5) is 46.7. The van der Waals surface area contributed by atoms with Crippen molar-refractivity contribution < 1.29 is 28.7 Å². The average Bonchev–Trinajstić information content (AvgIpc) is 2.63. The minimum Gasteiger partial charge on any atom is -0.493 e. The van der Waals surface area contributed by atoms with Crippen LogP contribution in [0.5, 0.6) is 5.75 Å². The van der Waals surface area contributed by atoms with Gasteiger partial charge in [0, 0.05) is 6.54 Å². The maximum absolute atomic E-state index is 12.1. The van der Waals surface area contributed by atoms with Crippen molar-refractivity contribution in [1.29, 1.82) is 0 Å². The zero-order valence-electron chi connectivity index (χ0n) is 15.7. The highest BCUT2D eigenvalue weighted by Crippen LogP contribution is 2.17. The molecule has 0 spiro atoms. The van der Waals surface area contributed by atoms with Gasteiger partial charge in [-0.25, -0.2) is 4.79 Å². The van der Waals surface area contributed by atoms with E-state index in [1.165, 1.54) is 0 Å². The largest absolute Gasteiger partial charge is 0.493 e. The second-order valence-electron chi connectivity index (χ2n) is 5.92. The first-order valence-electron chi connectivity index (χ1n) is 8.56. The summed E-state index contributed by atoms with van der Waals surface area (Å²) >= 11 is 0. The summed E-state index contributed by atoms with van der Waals surface area (Å²) in [5.74, 6) is -1.45. The third kappa shape index (κ3) is 8.70. The molecular weight excluding hydrogens is 354 g/mol. The summed E-state index contributed by atoms with van der Waals surface area (Å²) < 4.78 is 10.1. The summed E-state index contributed by atoms with van der Waals surface area (Å²) in [6, 6.07) is 5.95. The lowest BCUT2D eigenvalue weighted by Crippen LogP contribution is -2.43. The van der Waals surface area contributed by atoms with Crippen LogP contribution < -0.4 is 20.7 Å². The smallest absolute Gasteiger partial charge is 0.325 e. The zero-order chi connectivity index (χ0) is 20.2. The fraction of sp³-hybridized carbons (Fsp3) is 0.444.